The quantitative estimate of drug-likeness (QED) is 0.509. The number of nitrogens with zero attached hydrogens (tertiary/aromatic N) is 7. The Bertz CT molecular complexity index is 1220. The normalized spacial score (nSPS) is 14.0. The first-order valence-corrected chi connectivity index (χ1v) is 10.5. The minimum absolute atomic E-state index is 0.0367. The molecule has 4 heterocycles. The lowest BCUT2D eigenvalue weighted by molar-refractivity contribution is 0.0724. The Kier molecular flexibility index (Phi) is 5.03. The number of hydrogen-bond donors (Lipinski definition) is 0. The number of carbonyl (C=O) groups excluding carboxylic acids is 1. The molecule has 8 heteroatoms. The smallest absolute Gasteiger partial charge is 0.253 e. The van der Waals surface area contributed by atoms with Crippen LogP contribution in [0.25, 0.3) is 17.2 Å². The summed E-state index contributed by atoms with van der Waals surface area (Å²) >= 11 is 0. The van der Waals surface area contributed by atoms with E-state index in [1.807, 2.05) is 59.3 Å². The Morgan fingerprint density at radius 3 is 2.58 bits per heavy atom. The van der Waals surface area contributed by atoms with E-state index in [9.17, 15) is 4.79 Å². The highest BCUT2D eigenvalue weighted by molar-refractivity contribution is 5.95. The van der Waals surface area contributed by atoms with Gasteiger partial charge in [-0.15, -0.1) is 15.3 Å². The maximum Gasteiger partial charge on any atom is 0.253 e. The van der Waals surface area contributed by atoms with Crippen LogP contribution in [0.1, 0.15) is 29.6 Å². The summed E-state index contributed by atoms with van der Waals surface area (Å²) in [6.07, 6.45) is 4.94. The van der Waals surface area contributed by atoms with Crippen molar-refractivity contribution in [1.29, 1.82) is 0 Å². The lowest BCUT2D eigenvalue weighted by Crippen LogP contribution is -2.35. The van der Waals surface area contributed by atoms with E-state index in [0.29, 0.717) is 22.7 Å². The van der Waals surface area contributed by atoms with Gasteiger partial charge in [-0.3, -0.25) is 9.78 Å². The van der Waals surface area contributed by atoms with Crippen molar-refractivity contribution in [2.45, 2.75) is 19.3 Å². The summed E-state index contributed by atoms with van der Waals surface area (Å²) in [6, 6.07) is 17.3. The molecule has 5 rings (SSSR count). The van der Waals surface area contributed by atoms with Gasteiger partial charge in [-0.05, 0) is 55.7 Å². The van der Waals surface area contributed by atoms with Gasteiger partial charge in [-0.2, -0.15) is 4.52 Å². The molecule has 0 bridgehead atoms. The van der Waals surface area contributed by atoms with Crippen molar-refractivity contribution in [2.24, 2.45) is 0 Å². The van der Waals surface area contributed by atoms with Crippen LogP contribution in [0.2, 0.25) is 0 Å². The molecule has 0 unspecified atom stereocenters. The standard InChI is InChI=1S/C23H23N7O/c1-28(18-8-4-2-5-9-18)21-11-10-20-25-26-22(30(20)27-21)19-16-17(12-13-24-19)23(31)29-14-6-3-7-15-29/h2,4-5,8-13,16H,3,6-7,14-15H2,1H3. The fraction of sp³-hybridized carbons (Fsp3) is 0.261. The first-order chi connectivity index (χ1) is 15.2. The fourth-order valence-electron chi connectivity index (χ4n) is 3.87. The minimum atomic E-state index is 0.0367. The Morgan fingerprint density at radius 1 is 0.968 bits per heavy atom. The number of aromatic nitrogens is 5. The van der Waals surface area contributed by atoms with Gasteiger partial charge in [0.05, 0.1) is 0 Å². The third kappa shape index (κ3) is 3.72. The summed E-state index contributed by atoms with van der Waals surface area (Å²) in [5.74, 6) is 1.29. The van der Waals surface area contributed by atoms with Crippen LogP contribution >= 0.6 is 0 Å². The molecule has 1 saturated heterocycles. The number of para-hydroxylation sites is 1. The van der Waals surface area contributed by atoms with Crippen LogP contribution in [0.15, 0.2) is 60.8 Å². The van der Waals surface area contributed by atoms with E-state index in [0.717, 1.165) is 37.4 Å². The van der Waals surface area contributed by atoms with Crippen LogP contribution in [0.3, 0.4) is 0 Å². The van der Waals surface area contributed by atoms with E-state index in [2.05, 4.69) is 15.2 Å². The molecule has 31 heavy (non-hydrogen) atoms. The van der Waals surface area contributed by atoms with Crippen LogP contribution < -0.4 is 4.90 Å². The van der Waals surface area contributed by atoms with E-state index in [-0.39, 0.29) is 5.91 Å². The molecule has 4 aromatic rings. The van der Waals surface area contributed by atoms with Crippen molar-refractivity contribution in [2.75, 3.05) is 25.0 Å². The van der Waals surface area contributed by atoms with Gasteiger partial charge in [-0.25, -0.2) is 0 Å². The summed E-state index contributed by atoms with van der Waals surface area (Å²) in [6.45, 7) is 1.61. The molecule has 1 amide bonds. The molecule has 0 radical (unpaired) electrons. The molecule has 1 aliphatic heterocycles. The summed E-state index contributed by atoms with van der Waals surface area (Å²) < 4.78 is 1.67. The fourth-order valence-corrected chi connectivity index (χ4v) is 3.87. The Labute approximate surface area is 180 Å². The molecule has 0 N–H and O–H groups in total. The Morgan fingerprint density at radius 2 is 1.77 bits per heavy atom. The van der Waals surface area contributed by atoms with Gasteiger partial charge in [0.1, 0.15) is 5.69 Å². The number of piperidine rings is 1. The van der Waals surface area contributed by atoms with Crippen molar-refractivity contribution >= 4 is 23.1 Å². The highest BCUT2D eigenvalue weighted by Gasteiger charge is 2.20. The van der Waals surface area contributed by atoms with Gasteiger partial charge >= 0.3 is 0 Å². The maximum absolute atomic E-state index is 12.9. The molecule has 0 spiro atoms. The zero-order chi connectivity index (χ0) is 21.2. The monoisotopic (exact) mass is 413 g/mol. The Balaban J connectivity index is 1.50. The summed E-state index contributed by atoms with van der Waals surface area (Å²) in [5, 5.41) is 13.3. The summed E-state index contributed by atoms with van der Waals surface area (Å²) in [4.78, 5) is 21.3. The molecule has 0 atom stereocenters. The van der Waals surface area contributed by atoms with Gasteiger partial charge in [-0.1, -0.05) is 18.2 Å². The van der Waals surface area contributed by atoms with Crippen molar-refractivity contribution in [3.05, 3.63) is 66.4 Å². The van der Waals surface area contributed by atoms with E-state index >= 15 is 0 Å². The van der Waals surface area contributed by atoms with Crippen molar-refractivity contribution in [3.8, 4) is 11.5 Å². The average molecular weight is 413 g/mol. The largest absolute Gasteiger partial charge is 0.339 e. The number of likely N-dealkylation sites (tertiary alicyclic amines) is 1. The number of carbonyl (C=O) groups is 1. The average Bonchev–Trinajstić information content (AvgIpc) is 3.27. The van der Waals surface area contributed by atoms with Crippen LogP contribution in [0.4, 0.5) is 11.5 Å². The lowest BCUT2D eigenvalue weighted by Gasteiger charge is -2.26. The highest BCUT2D eigenvalue weighted by Crippen LogP contribution is 2.23. The first kappa shape index (κ1) is 19.2. The molecule has 8 nitrogen and oxygen atoms in total. The summed E-state index contributed by atoms with van der Waals surface area (Å²) in [7, 11) is 1.96. The molecule has 1 aromatic carbocycles. The molecule has 1 aliphatic rings. The minimum Gasteiger partial charge on any atom is -0.339 e. The predicted octanol–water partition coefficient (Wildman–Crippen LogP) is 3.58. The number of rotatable bonds is 4. The van der Waals surface area contributed by atoms with Crippen LogP contribution in [-0.2, 0) is 0 Å². The van der Waals surface area contributed by atoms with Crippen molar-refractivity contribution in [1.82, 2.24) is 29.7 Å². The number of anilines is 2. The van der Waals surface area contributed by atoms with E-state index in [1.165, 1.54) is 6.42 Å². The SMILES string of the molecule is CN(c1ccccc1)c1ccc2nnc(-c3cc(C(=O)N4CCCCC4)ccn3)n2n1. The molecular weight excluding hydrogens is 390 g/mol. The van der Waals surface area contributed by atoms with E-state index in [4.69, 9.17) is 5.10 Å². The zero-order valence-corrected chi connectivity index (χ0v) is 17.3. The lowest BCUT2D eigenvalue weighted by atomic mass is 10.1. The number of amides is 1. The molecule has 3 aromatic heterocycles. The molecular formula is C23H23N7O. The second kappa shape index (κ2) is 8.14. The molecule has 156 valence electrons. The van der Waals surface area contributed by atoms with Gasteiger partial charge < -0.3 is 9.80 Å². The number of hydrogen-bond acceptors (Lipinski definition) is 6. The summed E-state index contributed by atoms with van der Waals surface area (Å²) in [5.41, 5.74) is 2.83. The van der Waals surface area contributed by atoms with Gasteiger partial charge in [0.15, 0.2) is 11.5 Å². The number of benzene rings is 1. The van der Waals surface area contributed by atoms with Gasteiger partial charge in [0.2, 0.25) is 5.82 Å². The van der Waals surface area contributed by atoms with Gasteiger partial charge in [0.25, 0.3) is 5.91 Å². The first-order valence-electron chi connectivity index (χ1n) is 10.5. The molecule has 0 saturated carbocycles. The third-order valence-corrected chi connectivity index (χ3v) is 5.62. The van der Waals surface area contributed by atoms with Crippen LogP contribution in [-0.4, -0.2) is 55.7 Å². The van der Waals surface area contributed by atoms with Crippen LogP contribution in [0.5, 0.6) is 0 Å². The van der Waals surface area contributed by atoms with Crippen LogP contribution in [0, 0.1) is 0 Å². The molecule has 0 aliphatic carbocycles. The van der Waals surface area contributed by atoms with E-state index < -0.39 is 0 Å². The second-order valence-corrected chi connectivity index (χ2v) is 7.66. The van der Waals surface area contributed by atoms with Crippen molar-refractivity contribution < 1.29 is 4.79 Å². The molecule has 1 fully saturated rings. The topological polar surface area (TPSA) is 79.5 Å². The maximum atomic E-state index is 12.9. The highest BCUT2D eigenvalue weighted by atomic mass is 16.2. The zero-order valence-electron chi connectivity index (χ0n) is 17.3. The third-order valence-electron chi connectivity index (χ3n) is 5.62. The predicted molar refractivity (Wildman–Crippen MR) is 118 cm³/mol. The second-order valence-electron chi connectivity index (χ2n) is 7.66. The van der Waals surface area contributed by atoms with Crippen molar-refractivity contribution in [3.63, 3.8) is 0 Å². The number of pyridine rings is 1. The number of fused-ring (bicyclic) bond motifs is 1. The van der Waals surface area contributed by atoms with Gasteiger partial charge in [0, 0.05) is 37.6 Å². The van der Waals surface area contributed by atoms with E-state index in [1.54, 1.807) is 22.8 Å². The Hall–Kier alpha value is -3.81.